The van der Waals surface area contributed by atoms with E-state index in [2.05, 4.69) is 4.74 Å². The molecule has 0 aliphatic rings. The highest BCUT2D eigenvalue weighted by atomic mass is 19.4. The first-order chi connectivity index (χ1) is 8.18. The highest BCUT2D eigenvalue weighted by Crippen LogP contribution is 2.33. The lowest BCUT2D eigenvalue weighted by atomic mass is 9.96. The van der Waals surface area contributed by atoms with Crippen molar-refractivity contribution in [2.24, 2.45) is 0 Å². The number of carbonyl (C=O) groups is 2. The summed E-state index contributed by atoms with van der Waals surface area (Å²) in [5.41, 5.74) is -4.65. The van der Waals surface area contributed by atoms with Crippen LogP contribution >= 0.6 is 0 Å². The summed E-state index contributed by atoms with van der Waals surface area (Å²) in [6, 6.07) is -2.58. The van der Waals surface area contributed by atoms with E-state index in [1.54, 1.807) is 0 Å². The predicted molar refractivity (Wildman–Crippen MR) is 57.5 cm³/mol. The van der Waals surface area contributed by atoms with Gasteiger partial charge in [0.15, 0.2) is 11.6 Å². The molecule has 9 heteroatoms. The molecule has 0 aliphatic heterocycles. The number of ether oxygens (including phenoxy) is 1. The highest BCUT2D eigenvalue weighted by molar-refractivity contribution is 5.81. The van der Waals surface area contributed by atoms with Crippen LogP contribution in [-0.4, -0.2) is 45.7 Å². The molecule has 19 heavy (non-hydrogen) atoms. The van der Waals surface area contributed by atoms with Crippen molar-refractivity contribution in [3.05, 3.63) is 0 Å². The number of aliphatic hydroxyl groups is 1. The van der Waals surface area contributed by atoms with Crippen molar-refractivity contribution >= 4 is 12.1 Å². The Hall–Kier alpha value is -1.51. The number of alkyl carbamates (subject to hydrolysis) is 1. The fourth-order valence-electron chi connectivity index (χ4n) is 1.03. The largest absolute Gasteiger partial charge is 0.480 e. The van der Waals surface area contributed by atoms with Crippen LogP contribution < -0.4 is 5.32 Å². The second kappa shape index (κ2) is 5.24. The first kappa shape index (κ1) is 17.5. The summed E-state index contributed by atoms with van der Waals surface area (Å²) in [6.07, 6.45) is -6.60. The third-order valence-corrected chi connectivity index (χ3v) is 2.04. The molecule has 2 unspecified atom stereocenters. The third-order valence-electron chi connectivity index (χ3n) is 2.04. The molecule has 0 saturated carbocycles. The lowest BCUT2D eigenvalue weighted by Crippen LogP contribution is -2.62. The molecule has 112 valence electrons. The Balaban J connectivity index is 5.07. The molecule has 0 aliphatic carbocycles. The molecule has 0 aromatic carbocycles. The smallest absolute Gasteiger partial charge is 0.419 e. The number of alkyl halides is 3. The standard InChI is InChI=1S/C10H16F3NO5/c1-8(2,3)19-7(17)14-5(6(15)16)9(4,18)10(11,12)13/h5,18H,1-4H3,(H,14,17)(H,15,16). The number of halogens is 3. The molecule has 0 rings (SSSR count). The van der Waals surface area contributed by atoms with Crippen molar-refractivity contribution in [2.45, 2.75) is 51.1 Å². The van der Waals surface area contributed by atoms with Crippen LogP contribution in [0, 0.1) is 0 Å². The number of carboxylic acids is 1. The van der Waals surface area contributed by atoms with Crippen molar-refractivity contribution in [3.63, 3.8) is 0 Å². The summed E-state index contributed by atoms with van der Waals surface area (Å²) in [4.78, 5) is 22.0. The molecule has 0 bridgehead atoms. The maximum absolute atomic E-state index is 12.5. The molecule has 6 nitrogen and oxygen atoms in total. The van der Waals surface area contributed by atoms with Gasteiger partial charge in [0.2, 0.25) is 0 Å². The highest BCUT2D eigenvalue weighted by Gasteiger charge is 2.58. The number of carboxylic acid groups (broad SMARTS) is 1. The minimum absolute atomic E-state index is 0.253. The van der Waals surface area contributed by atoms with Crippen LogP contribution in [0.15, 0.2) is 0 Å². The first-order valence-electron chi connectivity index (χ1n) is 5.20. The van der Waals surface area contributed by atoms with Gasteiger partial charge in [0.05, 0.1) is 0 Å². The fraction of sp³-hybridized carbons (Fsp3) is 0.800. The van der Waals surface area contributed by atoms with Crippen molar-refractivity contribution in [2.75, 3.05) is 0 Å². The number of amides is 1. The van der Waals surface area contributed by atoms with Gasteiger partial charge in [-0.2, -0.15) is 13.2 Å². The fourth-order valence-corrected chi connectivity index (χ4v) is 1.03. The van der Waals surface area contributed by atoms with Crippen molar-refractivity contribution in [1.29, 1.82) is 0 Å². The SMILES string of the molecule is CC(C)(C)OC(=O)NC(C(=O)O)C(C)(O)C(F)(F)F. The Morgan fingerprint density at radius 2 is 1.58 bits per heavy atom. The molecular formula is C10H16F3NO5. The van der Waals surface area contributed by atoms with Crippen LogP contribution in [0.3, 0.4) is 0 Å². The van der Waals surface area contributed by atoms with E-state index in [1.807, 2.05) is 0 Å². The predicted octanol–water partition coefficient (Wildman–Crippen LogP) is 1.28. The minimum Gasteiger partial charge on any atom is -0.480 e. The van der Waals surface area contributed by atoms with Gasteiger partial charge in [-0.15, -0.1) is 0 Å². The van der Waals surface area contributed by atoms with E-state index in [0.29, 0.717) is 0 Å². The molecule has 0 spiro atoms. The molecule has 1 amide bonds. The molecule has 3 N–H and O–H groups in total. The van der Waals surface area contributed by atoms with E-state index in [9.17, 15) is 27.9 Å². The van der Waals surface area contributed by atoms with Crippen LogP contribution in [0.25, 0.3) is 0 Å². The topological polar surface area (TPSA) is 95.9 Å². The normalized spacial score (nSPS) is 17.3. The molecule has 0 heterocycles. The Kier molecular flexibility index (Phi) is 4.82. The molecule has 0 saturated heterocycles. The van der Waals surface area contributed by atoms with Crippen molar-refractivity contribution in [3.8, 4) is 0 Å². The van der Waals surface area contributed by atoms with Gasteiger partial charge >= 0.3 is 18.2 Å². The van der Waals surface area contributed by atoms with Gasteiger partial charge < -0.3 is 20.3 Å². The molecule has 0 fully saturated rings. The van der Waals surface area contributed by atoms with Gasteiger partial charge in [-0.05, 0) is 27.7 Å². The lowest BCUT2D eigenvalue weighted by Gasteiger charge is -2.32. The lowest BCUT2D eigenvalue weighted by molar-refractivity contribution is -0.262. The van der Waals surface area contributed by atoms with E-state index >= 15 is 0 Å². The zero-order valence-electron chi connectivity index (χ0n) is 10.8. The number of rotatable bonds is 3. The van der Waals surface area contributed by atoms with Crippen LogP contribution in [0.4, 0.5) is 18.0 Å². The van der Waals surface area contributed by atoms with Gasteiger partial charge in [0.1, 0.15) is 5.60 Å². The first-order valence-corrected chi connectivity index (χ1v) is 5.20. The number of aliphatic carboxylic acids is 1. The van der Waals surface area contributed by atoms with E-state index in [-0.39, 0.29) is 6.92 Å². The average molecular weight is 287 g/mol. The van der Waals surface area contributed by atoms with E-state index in [1.165, 1.54) is 26.1 Å². The van der Waals surface area contributed by atoms with Gasteiger partial charge in [-0.25, -0.2) is 9.59 Å². The number of hydrogen-bond acceptors (Lipinski definition) is 4. The quantitative estimate of drug-likeness (QED) is 0.726. The Bertz CT molecular complexity index is 359. The summed E-state index contributed by atoms with van der Waals surface area (Å²) >= 11 is 0. The maximum atomic E-state index is 12.5. The zero-order chi connectivity index (χ0) is 15.6. The summed E-state index contributed by atoms with van der Waals surface area (Å²) in [6.45, 7) is 4.60. The zero-order valence-corrected chi connectivity index (χ0v) is 10.8. The maximum Gasteiger partial charge on any atom is 0.419 e. The second-order valence-corrected chi connectivity index (χ2v) is 5.06. The number of hydrogen-bond donors (Lipinski definition) is 3. The van der Waals surface area contributed by atoms with Crippen molar-refractivity contribution < 1.29 is 37.7 Å². The summed E-state index contributed by atoms with van der Waals surface area (Å²) < 4.78 is 42.2. The summed E-state index contributed by atoms with van der Waals surface area (Å²) in [7, 11) is 0. The van der Waals surface area contributed by atoms with Crippen LogP contribution in [0.1, 0.15) is 27.7 Å². The monoisotopic (exact) mass is 287 g/mol. The van der Waals surface area contributed by atoms with Crippen LogP contribution in [0.2, 0.25) is 0 Å². The molecule has 0 aromatic rings. The second-order valence-electron chi connectivity index (χ2n) is 5.06. The van der Waals surface area contributed by atoms with Crippen LogP contribution in [0.5, 0.6) is 0 Å². The van der Waals surface area contributed by atoms with E-state index in [0.717, 1.165) is 0 Å². The summed E-state index contributed by atoms with van der Waals surface area (Å²) in [5, 5.41) is 19.4. The molecular weight excluding hydrogens is 271 g/mol. The molecule has 0 radical (unpaired) electrons. The van der Waals surface area contributed by atoms with Crippen LogP contribution in [-0.2, 0) is 9.53 Å². The molecule has 0 aromatic heterocycles. The average Bonchev–Trinajstić information content (AvgIpc) is 2.08. The van der Waals surface area contributed by atoms with Gasteiger partial charge in [-0.1, -0.05) is 0 Å². The van der Waals surface area contributed by atoms with Gasteiger partial charge in [0.25, 0.3) is 0 Å². The Morgan fingerprint density at radius 3 is 1.84 bits per heavy atom. The minimum atomic E-state index is -5.23. The Labute approximate surface area is 107 Å². The Morgan fingerprint density at radius 1 is 1.16 bits per heavy atom. The number of carbonyl (C=O) groups excluding carboxylic acids is 1. The third kappa shape index (κ3) is 4.93. The van der Waals surface area contributed by atoms with E-state index < -0.39 is 35.5 Å². The summed E-state index contributed by atoms with van der Waals surface area (Å²) in [5.74, 6) is -2.03. The van der Waals surface area contributed by atoms with Gasteiger partial charge in [-0.3, -0.25) is 0 Å². The van der Waals surface area contributed by atoms with E-state index in [4.69, 9.17) is 5.11 Å². The van der Waals surface area contributed by atoms with Crippen molar-refractivity contribution in [1.82, 2.24) is 5.32 Å². The van der Waals surface area contributed by atoms with Gasteiger partial charge in [0, 0.05) is 0 Å². The molecule has 2 atom stereocenters. The number of nitrogens with one attached hydrogen (secondary N) is 1.